The SMILES string of the molecule is N#Cc1ccccc1CN(CCCO)CCC(=O)O. The van der Waals surface area contributed by atoms with Gasteiger partial charge in [0.1, 0.15) is 0 Å². The second-order valence-corrected chi connectivity index (χ2v) is 4.27. The van der Waals surface area contributed by atoms with E-state index in [1.54, 1.807) is 12.1 Å². The average molecular weight is 262 g/mol. The predicted octanol–water partition coefficient (Wildman–Crippen LogP) is 1.22. The first-order valence-electron chi connectivity index (χ1n) is 6.20. The third-order valence-electron chi connectivity index (χ3n) is 2.81. The molecule has 0 atom stereocenters. The Morgan fingerprint density at radius 2 is 2.05 bits per heavy atom. The Morgan fingerprint density at radius 3 is 2.68 bits per heavy atom. The summed E-state index contributed by atoms with van der Waals surface area (Å²) < 4.78 is 0. The molecule has 102 valence electrons. The quantitative estimate of drug-likeness (QED) is 0.735. The number of aliphatic carboxylic acids is 1. The van der Waals surface area contributed by atoms with Crippen LogP contribution in [0, 0.1) is 11.3 Å². The summed E-state index contributed by atoms with van der Waals surface area (Å²) in [6, 6.07) is 9.40. The number of nitrogens with zero attached hydrogens (tertiary/aromatic N) is 2. The van der Waals surface area contributed by atoms with Gasteiger partial charge in [-0.2, -0.15) is 5.26 Å². The fourth-order valence-electron chi connectivity index (χ4n) is 1.83. The molecule has 0 heterocycles. The molecule has 0 radical (unpaired) electrons. The van der Waals surface area contributed by atoms with Gasteiger partial charge in [0, 0.05) is 26.2 Å². The Kier molecular flexibility index (Phi) is 6.58. The van der Waals surface area contributed by atoms with Crippen LogP contribution in [0.4, 0.5) is 0 Å². The summed E-state index contributed by atoms with van der Waals surface area (Å²) in [7, 11) is 0. The molecular weight excluding hydrogens is 244 g/mol. The molecule has 5 nitrogen and oxygen atoms in total. The van der Waals surface area contributed by atoms with Gasteiger partial charge >= 0.3 is 5.97 Å². The fraction of sp³-hybridized carbons (Fsp3) is 0.429. The summed E-state index contributed by atoms with van der Waals surface area (Å²) in [5.74, 6) is -0.845. The van der Waals surface area contributed by atoms with Gasteiger partial charge in [-0.15, -0.1) is 0 Å². The highest BCUT2D eigenvalue weighted by Gasteiger charge is 2.10. The van der Waals surface area contributed by atoms with Crippen LogP contribution in [0.5, 0.6) is 0 Å². The molecule has 19 heavy (non-hydrogen) atoms. The van der Waals surface area contributed by atoms with Gasteiger partial charge in [0.05, 0.1) is 18.1 Å². The Bertz CT molecular complexity index is 454. The van der Waals surface area contributed by atoms with Crippen LogP contribution >= 0.6 is 0 Å². The average Bonchev–Trinajstić information content (AvgIpc) is 2.42. The third-order valence-corrected chi connectivity index (χ3v) is 2.81. The molecule has 1 aromatic carbocycles. The molecule has 0 aliphatic heterocycles. The summed E-state index contributed by atoms with van der Waals surface area (Å²) in [6.07, 6.45) is 0.647. The molecule has 1 aromatic rings. The molecular formula is C14H18N2O3. The smallest absolute Gasteiger partial charge is 0.304 e. The number of rotatable bonds is 8. The van der Waals surface area contributed by atoms with E-state index in [9.17, 15) is 4.79 Å². The lowest BCUT2D eigenvalue weighted by Gasteiger charge is -2.21. The number of carboxylic acid groups (broad SMARTS) is 1. The number of aliphatic hydroxyl groups excluding tert-OH is 1. The van der Waals surface area contributed by atoms with E-state index in [2.05, 4.69) is 6.07 Å². The number of benzene rings is 1. The third kappa shape index (κ3) is 5.51. The minimum absolute atomic E-state index is 0.0557. The van der Waals surface area contributed by atoms with Crippen molar-refractivity contribution < 1.29 is 15.0 Å². The minimum atomic E-state index is -0.845. The maximum absolute atomic E-state index is 10.6. The molecule has 0 spiro atoms. The summed E-state index contributed by atoms with van der Waals surface area (Å²) in [4.78, 5) is 12.6. The van der Waals surface area contributed by atoms with E-state index in [0.29, 0.717) is 31.6 Å². The van der Waals surface area contributed by atoms with Gasteiger partial charge in [0.15, 0.2) is 0 Å². The molecule has 0 saturated heterocycles. The lowest BCUT2D eigenvalue weighted by Crippen LogP contribution is -2.28. The van der Waals surface area contributed by atoms with Gasteiger partial charge in [-0.05, 0) is 18.1 Å². The van der Waals surface area contributed by atoms with Crippen molar-refractivity contribution in [1.29, 1.82) is 5.26 Å². The molecule has 0 amide bonds. The van der Waals surface area contributed by atoms with Crippen LogP contribution in [0.2, 0.25) is 0 Å². The minimum Gasteiger partial charge on any atom is -0.481 e. The van der Waals surface area contributed by atoms with Crippen molar-refractivity contribution >= 4 is 5.97 Å². The molecule has 1 rings (SSSR count). The van der Waals surface area contributed by atoms with Gasteiger partial charge in [-0.3, -0.25) is 9.69 Å². The number of carboxylic acids is 1. The lowest BCUT2D eigenvalue weighted by molar-refractivity contribution is -0.137. The van der Waals surface area contributed by atoms with Crippen LogP contribution in [-0.2, 0) is 11.3 Å². The van der Waals surface area contributed by atoms with Gasteiger partial charge < -0.3 is 10.2 Å². The standard InChI is InChI=1S/C14H18N2O3/c15-10-12-4-1-2-5-13(12)11-16(7-3-9-17)8-6-14(18)19/h1-2,4-5,17H,3,6-9,11H2,(H,18,19). The number of hydrogen-bond acceptors (Lipinski definition) is 4. The van der Waals surface area contributed by atoms with Gasteiger partial charge in [-0.1, -0.05) is 18.2 Å². The van der Waals surface area contributed by atoms with Crippen LogP contribution in [0.15, 0.2) is 24.3 Å². The number of nitriles is 1. The highest BCUT2D eigenvalue weighted by Crippen LogP contribution is 2.11. The molecule has 0 fully saturated rings. The van der Waals surface area contributed by atoms with Crippen LogP contribution in [-0.4, -0.2) is 40.8 Å². The van der Waals surface area contributed by atoms with Gasteiger partial charge in [0.25, 0.3) is 0 Å². The molecule has 0 saturated carbocycles. The highest BCUT2D eigenvalue weighted by molar-refractivity contribution is 5.66. The predicted molar refractivity (Wildman–Crippen MR) is 70.4 cm³/mol. The van der Waals surface area contributed by atoms with Crippen molar-refractivity contribution in [2.45, 2.75) is 19.4 Å². The summed E-state index contributed by atoms with van der Waals surface area (Å²) in [6.45, 7) is 1.62. The molecule has 0 aromatic heterocycles. The van der Waals surface area contributed by atoms with Crippen LogP contribution in [0.1, 0.15) is 24.0 Å². The Hall–Kier alpha value is -1.90. The normalized spacial score (nSPS) is 10.4. The number of hydrogen-bond donors (Lipinski definition) is 2. The van der Waals surface area contributed by atoms with Crippen molar-refractivity contribution in [2.24, 2.45) is 0 Å². The van der Waals surface area contributed by atoms with Crippen molar-refractivity contribution in [3.63, 3.8) is 0 Å². The summed E-state index contributed by atoms with van der Waals surface area (Å²) in [5, 5.41) is 26.6. The first-order valence-corrected chi connectivity index (χ1v) is 6.20. The fourth-order valence-corrected chi connectivity index (χ4v) is 1.83. The van der Waals surface area contributed by atoms with E-state index in [-0.39, 0.29) is 13.0 Å². The van der Waals surface area contributed by atoms with E-state index in [1.165, 1.54) is 0 Å². The Balaban J connectivity index is 2.69. The maximum atomic E-state index is 10.6. The van der Waals surface area contributed by atoms with Crippen LogP contribution in [0.3, 0.4) is 0 Å². The molecule has 5 heteroatoms. The van der Waals surface area contributed by atoms with E-state index < -0.39 is 5.97 Å². The zero-order chi connectivity index (χ0) is 14.1. The molecule has 0 aliphatic carbocycles. The van der Waals surface area contributed by atoms with Crippen LogP contribution < -0.4 is 0 Å². The number of aliphatic hydroxyl groups is 1. The van der Waals surface area contributed by atoms with E-state index >= 15 is 0 Å². The van der Waals surface area contributed by atoms with Crippen molar-refractivity contribution in [2.75, 3.05) is 19.7 Å². The second kappa shape index (κ2) is 8.25. The summed E-state index contributed by atoms with van der Waals surface area (Å²) >= 11 is 0. The lowest BCUT2D eigenvalue weighted by atomic mass is 10.1. The largest absolute Gasteiger partial charge is 0.481 e. The van der Waals surface area contributed by atoms with Gasteiger partial charge in [0.2, 0.25) is 0 Å². The van der Waals surface area contributed by atoms with E-state index in [4.69, 9.17) is 15.5 Å². The van der Waals surface area contributed by atoms with E-state index in [1.807, 2.05) is 17.0 Å². The molecule has 0 unspecified atom stereocenters. The zero-order valence-electron chi connectivity index (χ0n) is 10.7. The molecule has 2 N–H and O–H groups in total. The maximum Gasteiger partial charge on any atom is 0.304 e. The Labute approximate surface area is 112 Å². The summed E-state index contributed by atoms with van der Waals surface area (Å²) in [5.41, 5.74) is 1.49. The van der Waals surface area contributed by atoms with Crippen molar-refractivity contribution in [3.8, 4) is 6.07 Å². The van der Waals surface area contributed by atoms with Gasteiger partial charge in [-0.25, -0.2) is 0 Å². The monoisotopic (exact) mass is 262 g/mol. The second-order valence-electron chi connectivity index (χ2n) is 4.27. The highest BCUT2D eigenvalue weighted by atomic mass is 16.4. The number of carbonyl (C=O) groups is 1. The zero-order valence-corrected chi connectivity index (χ0v) is 10.7. The molecule has 0 bridgehead atoms. The van der Waals surface area contributed by atoms with Crippen LogP contribution in [0.25, 0.3) is 0 Å². The molecule has 0 aliphatic rings. The first-order chi connectivity index (χ1) is 9.17. The Morgan fingerprint density at radius 1 is 1.32 bits per heavy atom. The first kappa shape index (κ1) is 15.2. The van der Waals surface area contributed by atoms with Crippen molar-refractivity contribution in [3.05, 3.63) is 35.4 Å². The topological polar surface area (TPSA) is 84.6 Å². The van der Waals surface area contributed by atoms with Crippen molar-refractivity contribution in [1.82, 2.24) is 4.90 Å². The van der Waals surface area contributed by atoms with E-state index in [0.717, 1.165) is 5.56 Å².